The number of nitrogens with two attached hydrogens (primary N) is 2. The third-order valence-electron chi connectivity index (χ3n) is 20.3. The molecule has 2 aliphatic rings. The summed E-state index contributed by atoms with van der Waals surface area (Å²) in [7, 11) is 0. The highest BCUT2D eigenvalue weighted by atomic mass is 16.4. The quantitative estimate of drug-likeness (QED) is 0.0222. The number of amides is 13. The van der Waals surface area contributed by atoms with E-state index in [4.69, 9.17) is 11.5 Å². The highest BCUT2D eigenvalue weighted by Gasteiger charge is 2.43. The highest BCUT2D eigenvalue weighted by molar-refractivity contribution is 6.01. The zero-order valence-corrected chi connectivity index (χ0v) is 65.3. The number of likely N-dealkylation sites (tertiary alicyclic amines) is 2. The molecule has 3 aromatic heterocycles. The lowest BCUT2D eigenvalue weighted by atomic mass is 9.99. The first-order valence-corrected chi connectivity index (χ1v) is 38.8. The van der Waals surface area contributed by atoms with Crippen LogP contribution in [0, 0.1) is 11.8 Å². The number of rotatable bonds is 43. The van der Waals surface area contributed by atoms with Crippen LogP contribution in [0.5, 0.6) is 5.75 Å². The molecule has 8 rings (SSSR count). The monoisotopic (exact) mass is 1600 g/mol. The predicted octanol–water partition coefficient (Wildman–Crippen LogP) is -0.857. The van der Waals surface area contributed by atoms with Crippen LogP contribution in [0.1, 0.15) is 135 Å². The van der Waals surface area contributed by atoms with Crippen molar-refractivity contribution in [1.82, 2.24) is 82.9 Å². The molecule has 115 heavy (non-hydrogen) atoms. The summed E-state index contributed by atoms with van der Waals surface area (Å²) in [6, 6.07) is 2.26. The van der Waals surface area contributed by atoms with Gasteiger partial charge in [0.15, 0.2) is 0 Å². The Bertz CT molecular complexity index is 4390. The van der Waals surface area contributed by atoms with E-state index in [9.17, 15) is 87.5 Å². The maximum atomic E-state index is 15.0. The van der Waals surface area contributed by atoms with Crippen molar-refractivity contribution in [2.45, 2.75) is 216 Å². The van der Waals surface area contributed by atoms with Gasteiger partial charge in [-0.1, -0.05) is 96.0 Å². The summed E-state index contributed by atoms with van der Waals surface area (Å²) in [6.07, 6.45) is 6.96. The second kappa shape index (κ2) is 42.4. The van der Waals surface area contributed by atoms with E-state index >= 15 is 0 Å². The number of carboxylic acid groups (broad SMARTS) is 1. The van der Waals surface area contributed by atoms with Gasteiger partial charge in [-0.25, -0.2) is 9.78 Å². The number of unbranched alkanes of at least 4 members (excludes halogenated alkanes) is 1. The summed E-state index contributed by atoms with van der Waals surface area (Å²) in [4.78, 5) is 212. The lowest BCUT2D eigenvalue weighted by Gasteiger charge is -2.31. The number of carbonyl (C=O) groups is 14. The van der Waals surface area contributed by atoms with E-state index < -0.39 is 187 Å². The van der Waals surface area contributed by atoms with Gasteiger partial charge in [0, 0.05) is 84.9 Å². The molecular weight excluding hydrogens is 1490 g/mol. The molecule has 5 heterocycles. The van der Waals surface area contributed by atoms with Crippen LogP contribution >= 0.6 is 0 Å². The highest BCUT2D eigenvalue weighted by Crippen LogP contribution is 2.25. The molecule has 622 valence electrons. The number of carboxylic acids is 1. The number of nitrogens with one attached hydrogen (secondary N) is 13. The van der Waals surface area contributed by atoms with Crippen molar-refractivity contribution in [3.8, 4) is 5.75 Å². The number of benzene rings is 3. The van der Waals surface area contributed by atoms with Gasteiger partial charge in [-0.05, 0) is 118 Å². The number of phenolic OH excluding ortho intramolecular Hbond substituents is 1. The Morgan fingerprint density at radius 1 is 0.504 bits per heavy atom. The van der Waals surface area contributed by atoms with Crippen LogP contribution < -0.4 is 64.6 Å². The number of phenols is 1. The summed E-state index contributed by atoms with van der Waals surface area (Å²) in [5.41, 5.74) is 16.0. The second-order valence-electron chi connectivity index (χ2n) is 30.2. The van der Waals surface area contributed by atoms with Crippen molar-refractivity contribution >= 4 is 105 Å². The molecule has 0 radical (unpaired) electrons. The average Bonchev–Trinajstić information content (AvgIpc) is 1.73. The van der Waals surface area contributed by atoms with Crippen molar-refractivity contribution in [1.29, 1.82) is 0 Å². The standard InChI is InChI=1S/C79H108N18O18/c1-7-8-17-55(69(104)93-61(79(114)115)32-45-22-24-49(100)25-23-45)88-76(111)65-21-14-29-97(65)77(112)62(39-98)94-67(102)44(6)86-75(110)64-20-13-28-96(64)78(113)63(40-99)95-72(107)58(31-43(4)5)90-70(105)56(26-27-66(81)101)87-71(106)57(30-42(2)3)91-73(108)59(34-47-37-84-54-19-12-10-16-51(47)54)92-74(109)60(35-48-38-82-41-85-48)89-68(103)52(80)33-46-36-83-53-18-11-9-15-50(46)53/h9-12,15-16,18-19,22-25,36-38,41-44,52,55-65,83-84,98-100H,7-8,13-14,17,20-21,26-35,39-40,80H2,1-6H3,(H2,81,101)(H,82,85)(H,86,110)(H,87,106)(H,88,111)(H,89,103)(H,90,105)(H,91,108)(H,92,109)(H,93,104)(H,94,102)(H,95,107)(H,114,115)/t44-,52+,55+,56+,57+,58+,59+,60+,61+,62+,63+,64+,65+/m1/s1. The molecular formula is C79H108N18O18. The fraction of sp³-hybridized carbons (Fsp3) is 0.506. The minimum absolute atomic E-state index is 0.0159. The summed E-state index contributed by atoms with van der Waals surface area (Å²) < 4.78 is 0. The number of aliphatic carboxylic acids is 1. The number of H-pyrrole nitrogens is 3. The summed E-state index contributed by atoms with van der Waals surface area (Å²) in [5.74, 6) is -13.2. The fourth-order valence-corrected chi connectivity index (χ4v) is 14.1. The van der Waals surface area contributed by atoms with E-state index in [-0.39, 0.29) is 94.9 Å². The molecule has 36 heteroatoms. The maximum absolute atomic E-state index is 15.0. The Hall–Kier alpha value is -11.8. The Kier molecular flexibility index (Phi) is 32.7. The molecule has 3 aromatic carbocycles. The largest absolute Gasteiger partial charge is 0.508 e. The predicted molar refractivity (Wildman–Crippen MR) is 419 cm³/mol. The van der Waals surface area contributed by atoms with Crippen LogP contribution in [0.2, 0.25) is 0 Å². The third kappa shape index (κ3) is 25.1. The third-order valence-corrected chi connectivity index (χ3v) is 20.3. The van der Waals surface area contributed by atoms with Crippen LogP contribution in [0.4, 0.5) is 0 Å². The molecule has 2 aliphatic heterocycles. The maximum Gasteiger partial charge on any atom is 0.326 e. The number of nitrogens with zero attached hydrogens (tertiary/aromatic N) is 3. The second-order valence-corrected chi connectivity index (χ2v) is 30.2. The Balaban J connectivity index is 0.896. The molecule has 2 fully saturated rings. The first-order chi connectivity index (χ1) is 54.9. The van der Waals surface area contributed by atoms with Gasteiger partial charge < -0.3 is 110 Å². The molecule has 0 aliphatic carbocycles. The summed E-state index contributed by atoms with van der Waals surface area (Å²) >= 11 is 0. The lowest BCUT2D eigenvalue weighted by Crippen LogP contribution is -2.61. The first kappa shape index (κ1) is 88.8. The van der Waals surface area contributed by atoms with Crippen LogP contribution in [-0.4, -0.2) is 238 Å². The van der Waals surface area contributed by atoms with Crippen molar-refractivity contribution in [3.63, 3.8) is 0 Å². The Morgan fingerprint density at radius 2 is 0.948 bits per heavy atom. The Labute approximate surface area is 664 Å². The number of aliphatic hydroxyl groups excluding tert-OH is 2. The number of aromatic amines is 3. The van der Waals surface area contributed by atoms with Crippen molar-refractivity contribution in [2.24, 2.45) is 23.3 Å². The molecule has 0 unspecified atom stereocenters. The number of hydrogen-bond acceptors (Lipinski definition) is 19. The molecule has 0 spiro atoms. The Morgan fingerprint density at radius 3 is 1.44 bits per heavy atom. The van der Waals surface area contributed by atoms with Gasteiger partial charge >= 0.3 is 5.97 Å². The average molecular weight is 1600 g/mol. The fourth-order valence-electron chi connectivity index (χ4n) is 14.1. The number of para-hydroxylation sites is 2. The normalized spacial score (nSPS) is 17.0. The van der Waals surface area contributed by atoms with Crippen LogP contribution in [-0.2, 0) is 92.8 Å². The zero-order valence-electron chi connectivity index (χ0n) is 65.3. The lowest BCUT2D eigenvalue weighted by molar-refractivity contribution is -0.144. The molecule has 13 atom stereocenters. The minimum Gasteiger partial charge on any atom is -0.508 e. The number of primary amides is 1. The number of imidazole rings is 1. The van der Waals surface area contributed by atoms with Crippen molar-refractivity contribution < 1.29 is 87.5 Å². The summed E-state index contributed by atoms with van der Waals surface area (Å²) in [6.45, 7) is 8.13. The number of aromatic nitrogens is 4. The van der Waals surface area contributed by atoms with Gasteiger partial charge in [-0.15, -0.1) is 0 Å². The SMILES string of the molecule is CCCC[C@H](NC(=O)[C@@H]1CCCN1C(=O)[C@H](CO)NC(=O)[C@@H](C)NC(=O)[C@@H]1CCCN1C(=O)[C@H](CO)NC(=O)[C@H](CC(C)C)NC(=O)[C@H](CCC(N)=O)NC(=O)[C@H](CC(C)C)NC(=O)[C@H](Cc1c[nH]c2ccccc12)NC(=O)[C@H](Cc1cnc[nH]1)NC(=O)[C@@H](N)Cc1c[nH]c2ccccc12)C(=O)N[C@@H](Cc1ccc(O)cc1)C(=O)O. The van der Waals surface area contributed by atoms with Gasteiger partial charge in [-0.3, -0.25) is 62.3 Å². The summed E-state index contributed by atoms with van der Waals surface area (Å²) in [5, 5.41) is 68.6. The van der Waals surface area contributed by atoms with E-state index in [0.29, 0.717) is 36.1 Å². The van der Waals surface area contributed by atoms with Gasteiger partial charge in [0.2, 0.25) is 76.8 Å². The van der Waals surface area contributed by atoms with Gasteiger partial charge in [0.1, 0.15) is 78.3 Å². The zero-order chi connectivity index (χ0) is 83.7. The van der Waals surface area contributed by atoms with Crippen LogP contribution in [0.15, 0.2) is 97.7 Å². The first-order valence-electron chi connectivity index (χ1n) is 38.8. The number of fused-ring (bicyclic) bond motifs is 2. The van der Waals surface area contributed by atoms with E-state index in [1.54, 1.807) is 46.2 Å². The molecule has 0 saturated carbocycles. The molecule has 13 amide bonds. The van der Waals surface area contributed by atoms with E-state index in [0.717, 1.165) is 37.2 Å². The van der Waals surface area contributed by atoms with E-state index in [1.807, 2.05) is 49.4 Å². The van der Waals surface area contributed by atoms with Gasteiger partial charge in [0.25, 0.3) is 0 Å². The van der Waals surface area contributed by atoms with Crippen molar-refractivity contribution in [2.75, 3.05) is 26.3 Å². The molecule has 0 bridgehead atoms. The molecule has 36 nitrogen and oxygen atoms in total. The van der Waals surface area contributed by atoms with Gasteiger partial charge in [0.05, 0.1) is 25.6 Å². The molecule has 21 N–H and O–H groups in total. The number of aliphatic hydroxyl groups is 2. The topological polar surface area (TPSA) is 559 Å². The minimum atomic E-state index is -1.72. The number of hydrogen-bond donors (Lipinski definition) is 19. The van der Waals surface area contributed by atoms with Crippen molar-refractivity contribution in [3.05, 3.63) is 120 Å². The van der Waals surface area contributed by atoms with Gasteiger partial charge in [-0.2, -0.15) is 0 Å². The number of carbonyl (C=O) groups excluding carboxylic acids is 13. The smallest absolute Gasteiger partial charge is 0.326 e. The molecule has 6 aromatic rings. The molecule has 2 saturated heterocycles. The van der Waals surface area contributed by atoms with Crippen LogP contribution in [0.25, 0.3) is 21.8 Å². The van der Waals surface area contributed by atoms with Crippen LogP contribution in [0.3, 0.4) is 0 Å². The van der Waals surface area contributed by atoms with E-state index in [2.05, 4.69) is 73.1 Å². The van der Waals surface area contributed by atoms with E-state index in [1.165, 1.54) is 43.7 Å². The number of aromatic hydroxyl groups is 1.